The number of benzene rings is 2. The molecule has 1 amide bonds. The molecular formula is C20H16ClN5O. The monoisotopic (exact) mass is 377 g/mol. The number of aromatic nitrogens is 2. The molecule has 7 heteroatoms. The van der Waals surface area contributed by atoms with Crippen LogP contribution in [0.3, 0.4) is 0 Å². The number of halogens is 1. The fraction of sp³-hybridized carbons (Fsp3) is 0.150. The van der Waals surface area contributed by atoms with Gasteiger partial charge in [-0.05, 0) is 48.2 Å². The van der Waals surface area contributed by atoms with E-state index >= 15 is 0 Å². The van der Waals surface area contributed by atoms with Gasteiger partial charge in [-0.2, -0.15) is 10.4 Å². The highest BCUT2D eigenvalue weighted by Gasteiger charge is 2.44. The highest BCUT2D eigenvalue weighted by Crippen LogP contribution is 2.50. The second-order valence-corrected chi connectivity index (χ2v) is 6.88. The Kier molecular flexibility index (Phi) is 4.30. The first kappa shape index (κ1) is 17.1. The van der Waals surface area contributed by atoms with Crippen LogP contribution in [0.25, 0.3) is 5.69 Å². The Morgan fingerprint density at radius 1 is 1.26 bits per heavy atom. The van der Waals surface area contributed by atoms with Crippen molar-refractivity contribution >= 4 is 29.0 Å². The van der Waals surface area contributed by atoms with E-state index in [2.05, 4.69) is 10.4 Å². The van der Waals surface area contributed by atoms with Gasteiger partial charge in [0.05, 0.1) is 11.9 Å². The predicted molar refractivity (Wildman–Crippen MR) is 104 cm³/mol. The van der Waals surface area contributed by atoms with E-state index in [4.69, 9.17) is 22.6 Å². The number of nitrogens with zero attached hydrogens (tertiary/aromatic N) is 3. The zero-order chi connectivity index (χ0) is 19.0. The maximum Gasteiger partial charge on any atom is 0.228 e. The Balaban J connectivity index is 1.43. The first-order valence-corrected chi connectivity index (χ1v) is 8.85. The summed E-state index contributed by atoms with van der Waals surface area (Å²) >= 11 is 6.22. The van der Waals surface area contributed by atoms with Crippen LogP contribution in [-0.4, -0.2) is 15.7 Å². The molecule has 1 aliphatic rings. The van der Waals surface area contributed by atoms with E-state index < -0.39 is 0 Å². The Morgan fingerprint density at radius 3 is 2.67 bits per heavy atom. The van der Waals surface area contributed by atoms with E-state index in [9.17, 15) is 4.79 Å². The van der Waals surface area contributed by atoms with Crippen molar-refractivity contribution in [1.82, 2.24) is 9.78 Å². The maximum atomic E-state index is 12.5. The number of nitrogens with one attached hydrogen (secondary N) is 1. The minimum Gasteiger partial charge on any atom is -0.382 e. The summed E-state index contributed by atoms with van der Waals surface area (Å²) in [5.41, 5.74) is 8.65. The summed E-state index contributed by atoms with van der Waals surface area (Å²) < 4.78 is 1.48. The number of nitriles is 1. The van der Waals surface area contributed by atoms with E-state index in [1.54, 1.807) is 24.3 Å². The molecule has 1 aliphatic carbocycles. The van der Waals surface area contributed by atoms with Crippen molar-refractivity contribution in [3.8, 4) is 11.8 Å². The molecule has 4 rings (SSSR count). The summed E-state index contributed by atoms with van der Waals surface area (Å²) in [5.74, 6) is 0.378. The van der Waals surface area contributed by atoms with Crippen LogP contribution in [0.1, 0.15) is 23.5 Å². The molecule has 2 atom stereocenters. The third-order valence-corrected chi connectivity index (χ3v) is 5.08. The lowest BCUT2D eigenvalue weighted by Gasteiger charge is -2.08. The Labute approximate surface area is 161 Å². The molecular weight excluding hydrogens is 362 g/mol. The van der Waals surface area contributed by atoms with E-state index in [0.29, 0.717) is 22.0 Å². The number of hydrogen-bond acceptors (Lipinski definition) is 4. The fourth-order valence-corrected chi connectivity index (χ4v) is 3.45. The lowest BCUT2D eigenvalue weighted by atomic mass is 10.1. The Hall–Kier alpha value is -3.30. The van der Waals surface area contributed by atoms with Gasteiger partial charge in [0.2, 0.25) is 5.91 Å². The minimum atomic E-state index is -0.0653. The minimum absolute atomic E-state index is 0.0157. The second-order valence-electron chi connectivity index (χ2n) is 6.47. The molecule has 6 nitrogen and oxygen atoms in total. The molecule has 134 valence electrons. The summed E-state index contributed by atoms with van der Waals surface area (Å²) in [4.78, 5) is 12.5. The number of rotatable bonds is 4. The highest BCUT2D eigenvalue weighted by molar-refractivity contribution is 6.31. The van der Waals surface area contributed by atoms with Crippen LogP contribution in [0.2, 0.25) is 5.02 Å². The fourth-order valence-electron chi connectivity index (χ4n) is 3.18. The molecule has 27 heavy (non-hydrogen) atoms. The van der Waals surface area contributed by atoms with Gasteiger partial charge in [-0.1, -0.05) is 29.8 Å². The maximum absolute atomic E-state index is 12.5. The van der Waals surface area contributed by atoms with Gasteiger partial charge in [-0.3, -0.25) is 4.79 Å². The smallest absolute Gasteiger partial charge is 0.228 e. The van der Waals surface area contributed by atoms with Crippen molar-refractivity contribution in [3.63, 3.8) is 0 Å². The molecule has 2 aromatic carbocycles. The van der Waals surface area contributed by atoms with Gasteiger partial charge in [0.15, 0.2) is 0 Å². The van der Waals surface area contributed by atoms with Gasteiger partial charge in [0.25, 0.3) is 0 Å². The van der Waals surface area contributed by atoms with E-state index in [1.807, 2.05) is 30.3 Å². The summed E-state index contributed by atoms with van der Waals surface area (Å²) in [6.45, 7) is 0. The Bertz CT molecular complexity index is 1050. The third kappa shape index (κ3) is 3.25. The molecule has 0 aliphatic heterocycles. The average molecular weight is 378 g/mol. The molecule has 0 bridgehead atoms. The first-order chi connectivity index (χ1) is 13.1. The summed E-state index contributed by atoms with van der Waals surface area (Å²) in [5, 5.41) is 16.7. The number of carbonyl (C=O) groups is 1. The van der Waals surface area contributed by atoms with Crippen LogP contribution < -0.4 is 11.1 Å². The largest absolute Gasteiger partial charge is 0.382 e. The topological polar surface area (TPSA) is 96.7 Å². The first-order valence-electron chi connectivity index (χ1n) is 8.48. The molecule has 0 unspecified atom stereocenters. The van der Waals surface area contributed by atoms with E-state index in [1.165, 1.54) is 10.9 Å². The molecule has 3 N–H and O–H groups in total. The number of anilines is 2. The number of nitrogen functional groups attached to an aromatic ring is 1. The van der Waals surface area contributed by atoms with E-state index in [0.717, 1.165) is 12.0 Å². The van der Waals surface area contributed by atoms with Crippen LogP contribution in [-0.2, 0) is 4.79 Å². The highest BCUT2D eigenvalue weighted by atomic mass is 35.5. The molecule has 1 fully saturated rings. The molecule has 0 spiro atoms. The second kappa shape index (κ2) is 6.78. The van der Waals surface area contributed by atoms with Gasteiger partial charge >= 0.3 is 0 Å². The van der Waals surface area contributed by atoms with Crippen molar-refractivity contribution in [2.75, 3.05) is 11.1 Å². The van der Waals surface area contributed by atoms with Crippen LogP contribution in [0.5, 0.6) is 0 Å². The van der Waals surface area contributed by atoms with Crippen molar-refractivity contribution in [3.05, 3.63) is 70.9 Å². The number of hydrogen-bond donors (Lipinski definition) is 2. The molecule has 1 aromatic heterocycles. The van der Waals surface area contributed by atoms with Crippen LogP contribution in [0.15, 0.2) is 54.7 Å². The van der Waals surface area contributed by atoms with Gasteiger partial charge < -0.3 is 11.1 Å². The number of carbonyl (C=O) groups excluding carboxylic acids is 1. The van der Waals surface area contributed by atoms with Crippen molar-refractivity contribution in [2.24, 2.45) is 5.92 Å². The standard InChI is InChI=1S/C20H16ClN5O/c21-18-4-2-1-3-15(18)16-9-17(16)20(27)25-13-5-7-14(8-6-13)26-19(23)12(10-22)11-24-26/h1-8,11,16-17H,9,23H2,(H,25,27)/t16-,17-/m0/s1. The Morgan fingerprint density at radius 2 is 2.00 bits per heavy atom. The number of nitrogens with two attached hydrogens (primary N) is 1. The zero-order valence-corrected chi connectivity index (χ0v) is 15.0. The molecule has 3 aromatic rings. The van der Waals surface area contributed by atoms with Crippen molar-refractivity contribution < 1.29 is 4.79 Å². The normalized spacial score (nSPS) is 17.9. The molecule has 0 radical (unpaired) electrons. The van der Waals surface area contributed by atoms with Gasteiger partial charge in [-0.15, -0.1) is 0 Å². The summed E-state index contributed by atoms with van der Waals surface area (Å²) in [7, 11) is 0. The summed E-state index contributed by atoms with van der Waals surface area (Å²) in [6.07, 6.45) is 2.22. The van der Waals surface area contributed by atoms with Crippen molar-refractivity contribution in [1.29, 1.82) is 5.26 Å². The lowest BCUT2D eigenvalue weighted by molar-refractivity contribution is -0.117. The van der Waals surface area contributed by atoms with Crippen molar-refractivity contribution in [2.45, 2.75) is 12.3 Å². The third-order valence-electron chi connectivity index (χ3n) is 4.74. The molecule has 0 saturated heterocycles. The van der Waals surface area contributed by atoms with E-state index in [-0.39, 0.29) is 23.6 Å². The van der Waals surface area contributed by atoms with Crippen LogP contribution in [0, 0.1) is 17.2 Å². The predicted octanol–water partition coefficient (Wildman–Crippen LogP) is 3.72. The SMILES string of the molecule is N#Cc1cnn(-c2ccc(NC(=O)[C@H]3C[C@H]3c3ccccc3Cl)cc2)c1N. The van der Waals surface area contributed by atoms with Crippen LogP contribution >= 0.6 is 11.6 Å². The van der Waals surface area contributed by atoms with Gasteiger partial charge in [-0.25, -0.2) is 4.68 Å². The lowest BCUT2D eigenvalue weighted by Crippen LogP contribution is -2.14. The summed E-state index contributed by atoms with van der Waals surface area (Å²) in [6, 6.07) is 16.8. The quantitative estimate of drug-likeness (QED) is 0.724. The average Bonchev–Trinajstić information content (AvgIpc) is 3.39. The van der Waals surface area contributed by atoms with Gasteiger partial charge in [0, 0.05) is 16.6 Å². The molecule has 1 heterocycles. The van der Waals surface area contributed by atoms with Gasteiger partial charge in [0.1, 0.15) is 17.5 Å². The molecule has 1 saturated carbocycles. The van der Waals surface area contributed by atoms with Crippen LogP contribution in [0.4, 0.5) is 11.5 Å². The zero-order valence-electron chi connectivity index (χ0n) is 14.3. The number of amides is 1.